The SMILES string of the molecule is c1ccc(-c2cc(-c3ccccc3)cc(-n3c4ccccc4c4cc5ccc6c7ccccc7ccc6c5cc43)c2)cc1. The van der Waals surface area contributed by atoms with Crippen LogP contribution in [0.1, 0.15) is 0 Å². The molecule has 0 saturated heterocycles. The van der Waals surface area contributed by atoms with E-state index in [9.17, 15) is 0 Å². The van der Waals surface area contributed by atoms with Crippen molar-refractivity contribution >= 4 is 54.1 Å². The second-order valence-corrected chi connectivity index (χ2v) is 11.4. The van der Waals surface area contributed by atoms with Crippen molar-refractivity contribution in [3.63, 3.8) is 0 Å². The molecule has 1 aromatic heterocycles. The van der Waals surface area contributed by atoms with Crippen LogP contribution < -0.4 is 0 Å². The molecule has 0 amide bonds. The Labute approximate surface area is 249 Å². The van der Waals surface area contributed by atoms with Gasteiger partial charge in [0.25, 0.3) is 0 Å². The van der Waals surface area contributed by atoms with Gasteiger partial charge in [-0.15, -0.1) is 0 Å². The van der Waals surface area contributed by atoms with E-state index in [1.165, 1.54) is 76.4 Å². The topological polar surface area (TPSA) is 4.93 Å². The fraction of sp³-hybridized carbons (Fsp3) is 0. The zero-order chi connectivity index (χ0) is 28.3. The third-order valence-electron chi connectivity index (χ3n) is 8.92. The number of para-hydroxylation sites is 1. The molecule has 0 N–H and O–H groups in total. The molecule has 0 spiro atoms. The lowest BCUT2D eigenvalue weighted by Crippen LogP contribution is -1.96. The highest BCUT2D eigenvalue weighted by molar-refractivity contribution is 6.21. The molecular weight excluding hydrogens is 518 g/mol. The van der Waals surface area contributed by atoms with Crippen molar-refractivity contribution in [2.45, 2.75) is 0 Å². The molecule has 1 heteroatoms. The molecule has 1 heterocycles. The van der Waals surface area contributed by atoms with Crippen LogP contribution in [0.15, 0.2) is 164 Å². The van der Waals surface area contributed by atoms with Crippen molar-refractivity contribution in [2.24, 2.45) is 0 Å². The minimum atomic E-state index is 1.16. The summed E-state index contributed by atoms with van der Waals surface area (Å²) < 4.78 is 2.46. The third kappa shape index (κ3) is 3.79. The summed E-state index contributed by atoms with van der Waals surface area (Å²) >= 11 is 0. The molecule has 8 aromatic carbocycles. The molecule has 0 fully saturated rings. The van der Waals surface area contributed by atoms with E-state index < -0.39 is 0 Å². The smallest absolute Gasteiger partial charge is 0.0547 e. The van der Waals surface area contributed by atoms with Gasteiger partial charge in [0.05, 0.1) is 11.0 Å². The lowest BCUT2D eigenvalue weighted by Gasteiger charge is -2.14. The molecule has 0 bridgehead atoms. The van der Waals surface area contributed by atoms with Crippen molar-refractivity contribution in [2.75, 3.05) is 0 Å². The summed E-state index contributed by atoms with van der Waals surface area (Å²) in [6, 6.07) is 59.9. The molecule has 9 aromatic rings. The van der Waals surface area contributed by atoms with Crippen molar-refractivity contribution in [1.29, 1.82) is 0 Å². The summed E-state index contributed by atoms with van der Waals surface area (Å²) in [7, 11) is 0. The van der Waals surface area contributed by atoms with Crippen molar-refractivity contribution in [3.05, 3.63) is 164 Å². The highest BCUT2D eigenvalue weighted by Gasteiger charge is 2.16. The van der Waals surface area contributed by atoms with Crippen LogP contribution in [0.3, 0.4) is 0 Å². The molecule has 0 atom stereocenters. The highest BCUT2D eigenvalue weighted by Crippen LogP contribution is 2.40. The highest BCUT2D eigenvalue weighted by atomic mass is 15.0. The van der Waals surface area contributed by atoms with Crippen LogP contribution >= 0.6 is 0 Å². The summed E-state index contributed by atoms with van der Waals surface area (Å²) in [4.78, 5) is 0. The number of fused-ring (bicyclic) bond motifs is 8. The van der Waals surface area contributed by atoms with E-state index in [0.717, 1.165) is 5.69 Å². The fourth-order valence-electron chi connectivity index (χ4n) is 6.90. The first-order chi connectivity index (χ1) is 21.3. The van der Waals surface area contributed by atoms with Crippen LogP contribution in [0.25, 0.3) is 82.1 Å². The van der Waals surface area contributed by atoms with Gasteiger partial charge in [0, 0.05) is 16.5 Å². The van der Waals surface area contributed by atoms with Gasteiger partial charge in [-0.25, -0.2) is 0 Å². The predicted octanol–water partition coefficient (Wildman–Crippen LogP) is 11.6. The number of aromatic nitrogens is 1. The molecule has 0 unspecified atom stereocenters. The van der Waals surface area contributed by atoms with Crippen LogP contribution in [-0.2, 0) is 0 Å². The zero-order valence-corrected chi connectivity index (χ0v) is 23.5. The van der Waals surface area contributed by atoms with Gasteiger partial charge in [0.2, 0.25) is 0 Å². The molecule has 43 heavy (non-hydrogen) atoms. The van der Waals surface area contributed by atoms with Gasteiger partial charge >= 0.3 is 0 Å². The molecule has 200 valence electrons. The summed E-state index contributed by atoms with van der Waals surface area (Å²) in [5.41, 5.74) is 8.44. The van der Waals surface area contributed by atoms with Crippen molar-refractivity contribution < 1.29 is 0 Å². The Balaban J connectivity index is 1.39. The summed E-state index contributed by atoms with van der Waals surface area (Å²) in [6.07, 6.45) is 0. The van der Waals surface area contributed by atoms with E-state index in [4.69, 9.17) is 0 Å². The van der Waals surface area contributed by atoms with Gasteiger partial charge < -0.3 is 4.57 Å². The number of hydrogen-bond donors (Lipinski definition) is 0. The summed E-state index contributed by atoms with van der Waals surface area (Å²) in [6.45, 7) is 0. The van der Waals surface area contributed by atoms with E-state index in [-0.39, 0.29) is 0 Å². The second kappa shape index (κ2) is 9.44. The second-order valence-electron chi connectivity index (χ2n) is 11.4. The molecule has 0 aliphatic carbocycles. The van der Waals surface area contributed by atoms with Crippen LogP contribution in [0, 0.1) is 0 Å². The maximum absolute atomic E-state index is 2.46. The van der Waals surface area contributed by atoms with E-state index in [2.05, 4.69) is 168 Å². The van der Waals surface area contributed by atoms with Gasteiger partial charge in [-0.05, 0) is 91.0 Å². The van der Waals surface area contributed by atoms with Gasteiger partial charge in [-0.2, -0.15) is 0 Å². The number of nitrogens with zero attached hydrogens (tertiary/aromatic N) is 1. The molecule has 0 aliphatic heterocycles. The lowest BCUT2D eigenvalue weighted by molar-refractivity contribution is 1.18. The fourth-order valence-corrected chi connectivity index (χ4v) is 6.90. The first-order valence-corrected chi connectivity index (χ1v) is 14.9. The van der Waals surface area contributed by atoms with Crippen molar-refractivity contribution in [3.8, 4) is 27.9 Å². The first-order valence-electron chi connectivity index (χ1n) is 14.9. The first kappa shape index (κ1) is 24.0. The zero-order valence-electron chi connectivity index (χ0n) is 23.5. The van der Waals surface area contributed by atoms with E-state index in [1.54, 1.807) is 0 Å². The molecule has 0 saturated carbocycles. The predicted molar refractivity (Wildman–Crippen MR) is 184 cm³/mol. The molecule has 9 rings (SSSR count). The quantitative estimate of drug-likeness (QED) is 0.195. The maximum atomic E-state index is 2.46. The van der Waals surface area contributed by atoms with E-state index in [1.807, 2.05) is 0 Å². The van der Waals surface area contributed by atoms with Gasteiger partial charge in [-0.3, -0.25) is 0 Å². The van der Waals surface area contributed by atoms with Gasteiger partial charge in [0.1, 0.15) is 0 Å². The average Bonchev–Trinajstić information content (AvgIpc) is 3.41. The Morgan fingerprint density at radius 2 is 0.860 bits per heavy atom. The lowest BCUT2D eigenvalue weighted by atomic mass is 9.96. The van der Waals surface area contributed by atoms with Crippen LogP contribution in [0.2, 0.25) is 0 Å². The Morgan fingerprint density at radius 3 is 1.58 bits per heavy atom. The van der Waals surface area contributed by atoms with Gasteiger partial charge in [0.15, 0.2) is 0 Å². The number of hydrogen-bond acceptors (Lipinski definition) is 0. The monoisotopic (exact) mass is 545 g/mol. The minimum absolute atomic E-state index is 1.16. The number of benzene rings is 8. The average molecular weight is 546 g/mol. The maximum Gasteiger partial charge on any atom is 0.0547 e. The van der Waals surface area contributed by atoms with Gasteiger partial charge in [-0.1, -0.05) is 127 Å². The Kier molecular flexibility index (Phi) is 5.27. The van der Waals surface area contributed by atoms with E-state index in [0.29, 0.717) is 0 Å². The molecule has 0 radical (unpaired) electrons. The number of rotatable bonds is 3. The molecule has 1 nitrogen and oxygen atoms in total. The molecular formula is C42H27N. The summed E-state index contributed by atoms with van der Waals surface area (Å²) in [5.74, 6) is 0. The standard InChI is InChI=1S/C42H27N/c1-3-11-28(12-4-1)32-23-33(29-13-5-2-6-14-29)25-34(24-32)43-41-18-10-9-17-38(41)40-26-31-20-22-36-35-16-8-7-15-30(35)19-21-37(36)39(31)27-42(40)43/h1-27H. The third-order valence-corrected chi connectivity index (χ3v) is 8.92. The van der Waals surface area contributed by atoms with Crippen LogP contribution in [0.4, 0.5) is 0 Å². The van der Waals surface area contributed by atoms with Crippen LogP contribution in [0.5, 0.6) is 0 Å². The molecule has 0 aliphatic rings. The minimum Gasteiger partial charge on any atom is -0.309 e. The van der Waals surface area contributed by atoms with Crippen molar-refractivity contribution in [1.82, 2.24) is 4.57 Å². The Morgan fingerprint density at radius 1 is 0.279 bits per heavy atom. The largest absolute Gasteiger partial charge is 0.309 e. The van der Waals surface area contributed by atoms with Crippen LogP contribution in [-0.4, -0.2) is 4.57 Å². The Bertz CT molecular complexity index is 2430. The normalized spacial score (nSPS) is 11.7. The van der Waals surface area contributed by atoms with E-state index >= 15 is 0 Å². The summed E-state index contributed by atoms with van der Waals surface area (Å²) in [5, 5.41) is 10.2. The Hall–Kier alpha value is -5.66.